The Morgan fingerprint density at radius 3 is 2.61 bits per heavy atom. The minimum absolute atomic E-state index is 0.646. The van der Waals surface area contributed by atoms with Gasteiger partial charge in [0.1, 0.15) is 0 Å². The highest BCUT2D eigenvalue weighted by Gasteiger charge is 2.41. The molecule has 7 nitrogen and oxygen atoms in total. The molecule has 2 atom stereocenters. The highest BCUT2D eigenvalue weighted by Crippen LogP contribution is 2.39. The molecule has 9 heteroatoms. The molecule has 2 fully saturated rings. The van der Waals surface area contributed by atoms with Gasteiger partial charge in [-0.15, -0.1) is 10.2 Å². The van der Waals surface area contributed by atoms with E-state index in [1.807, 2.05) is 18.3 Å². The lowest BCUT2D eigenvalue weighted by Gasteiger charge is -2.23. The summed E-state index contributed by atoms with van der Waals surface area (Å²) in [5, 5.41) is 14.6. The van der Waals surface area contributed by atoms with Gasteiger partial charge in [-0.3, -0.25) is 0 Å². The van der Waals surface area contributed by atoms with Gasteiger partial charge in [-0.2, -0.15) is 4.80 Å². The lowest BCUT2D eigenvalue weighted by atomic mass is 10.0. The van der Waals surface area contributed by atoms with Crippen LogP contribution in [0.5, 0.6) is 0 Å². The van der Waals surface area contributed by atoms with Crippen LogP contribution in [-0.2, 0) is 6.54 Å². The van der Waals surface area contributed by atoms with E-state index >= 15 is 0 Å². The van der Waals surface area contributed by atoms with Crippen LogP contribution in [0, 0.1) is 11.8 Å². The van der Waals surface area contributed by atoms with E-state index < -0.39 is 0 Å². The molecule has 0 saturated carbocycles. The number of halogens is 1. The maximum absolute atomic E-state index is 6.39. The standard InChI is InChI=1S/C19H22ClN7S/c1-2-7-27-23-18(22-24-27)17-8-21-19(28-17)26-11-13-9-25(10-14(13)12-26)16-6-4-3-5-15(16)20/h3-6,8,13-14H,2,7,9-12H2,1H3. The van der Waals surface area contributed by atoms with Crippen LogP contribution in [0.4, 0.5) is 10.8 Å². The molecule has 146 valence electrons. The summed E-state index contributed by atoms with van der Waals surface area (Å²) in [6.07, 6.45) is 2.86. The second-order valence-corrected chi connectivity index (χ2v) is 8.91. The molecule has 3 aromatic rings. The van der Waals surface area contributed by atoms with Crippen LogP contribution in [0.15, 0.2) is 30.5 Å². The third-order valence-electron chi connectivity index (χ3n) is 5.54. The molecule has 0 N–H and O–H groups in total. The molecule has 0 spiro atoms. The van der Waals surface area contributed by atoms with Gasteiger partial charge in [-0.1, -0.05) is 42.0 Å². The number of fused-ring (bicyclic) bond motifs is 1. The molecule has 2 aliphatic heterocycles. The summed E-state index contributed by atoms with van der Waals surface area (Å²) in [5.74, 6) is 1.96. The first-order chi connectivity index (χ1) is 13.7. The Morgan fingerprint density at radius 1 is 1.11 bits per heavy atom. The van der Waals surface area contributed by atoms with Crippen LogP contribution >= 0.6 is 22.9 Å². The minimum atomic E-state index is 0.646. The quantitative estimate of drug-likeness (QED) is 0.636. The fourth-order valence-corrected chi connectivity index (χ4v) is 5.32. The smallest absolute Gasteiger partial charge is 0.216 e. The van der Waals surface area contributed by atoms with Gasteiger partial charge in [0.05, 0.1) is 28.3 Å². The number of thiazole rings is 1. The van der Waals surface area contributed by atoms with E-state index in [1.54, 1.807) is 16.1 Å². The summed E-state index contributed by atoms with van der Waals surface area (Å²) in [6.45, 7) is 7.07. The molecule has 2 aliphatic rings. The first kappa shape index (κ1) is 17.9. The van der Waals surface area contributed by atoms with Crippen molar-refractivity contribution < 1.29 is 0 Å². The highest BCUT2D eigenvalue weighted by molar-refractivity contribution is 7.18. The third-order valence-corrected chi connectivity index (χ3v) is 6.91. The molecule has 0 bridgehead atoms. The first-order valence-corrected chi connectivity index (χ1v) is 10.9. The molecule has 2 saturated heterocycles. The summed E-state index contributed by atoms with van der Waals surface area (Å²) in [4.78, 5) is 12.1. The van der Waals surface area contributed by atoms with Crippen molar-refractivity contribution in [3.05, 3.63) is 35.5 Å². The summed E-state index contributed by atoms with van der Waals surface area (Å²) < 4.78 is 0. The van der Waals surface area contributed by atoms with Gasteiger partial charge in [0.2, 0.25) is 5.82 Å². The van der Waals surface area contributed by atoms with Crippen molar-refractivity contribution in [2.45, 2.75) is 19.9 Å². The van der Waals surface area contributed by atoms with Crippen molar-refractivity contribution >= 4 is 33.8 Å². The molecule has 2 aromatic heterocycles. The number of aromatic nitrogens is 5. The molecule has 4 heterocycles. The number of hydrogen-bond donors (Lipinski definition) is 0. The van der Waals surface area contributed by atoms with Crippen LogP contribution < -0.4 is 9.80 Å². The van der Waals surface area contributed by atoms with Gasteiger partial charge < -0.3 is 9.80 Å². The number of rotatable bonds is 5. The fraction of sp³-hybridized carbons (Fsp3) is 0.474. The van der Waals surface area contributed by atoms with E-state index in [4.69, 9.17) is 11.6 Å². The Labute approximate surface area is 172 Å². The minimum Gasteiger partial charge on any atom is -0.370 e. The maximum atomic E-state index is 6.39. The zero-order valence-corrected chi connectivity index (χ0v) is 17.3. The molecule has 5 rings (SSSR count). The van der Waals surface area contributed by atoms with Crippen molar-refractivity contribution in [1.82, 2.24) is 25.2 Å². The molecule has 1 aromatic carbocycles. The predicted molar refractivity (Wildman–Crippen MR) is 112 cm³/mol. The molecule has 0 radical (unpaired) electrons. The van der Waals surface area contributed by atoms with Crippen LogP contribution in [0.2, 0.25) is 5.02 Å². The van der Waals surface area contributed by atoms with E-state index in [0.29, 0.717) is 17.7 Å². The lowest BCUT2D eigenvalue weighted by Crippen LogP contribution is -2.28. The molecule has 2 unspecified atom stereocenters. The Balaban J connectivity index is 1.26. The van der Waals surface area contributed by atoms with Gasteiger partial charge in [0.15, 0.2) is 5.13 Å². The average Bonchev–Trinajstić information content (AvgIpc) is 3.44. The van der Waals surface area contributed by atoms with Crippen LogP contribution in [0.3, 0.4) is 0 Å². The molecule has 0 amide bonds. The van der Waals surface area contributed by atoms with E-state index in [-0.39, 0.29) is 0 Å². The van der Waals surface area contributed by atoms with Crippen LogP contribution in [0.1, 0.15) is 13.3 Å². The van der Waals surface area contributed by atoms with Gasteiger partial charge in [0.25, 0.3) is 0 Å². The van der Waals surface area contributed by atoms with E-state index in [9.17, 15) is 0 Å². The van der Waals surface area contributed by atoms with Gasteiger partial charge >= 0.3 is 0 Å². The number of nitrogens with zero attached hydrogens (tertiary/aromatic N) is 7. The topological polar surface area (TPSA) is 63.0 Å². The Morgan fingerprint density at radius 2 is 1.86 bits per heavy atom. The zero-order chi connectivity index (χ0) is 19.1. The van der Waals surface area contributed by atoms with E-state index in [0.717, 1.165) is 59.9 Å². The molecule has 0 aliphatic carbocycles. The SMILES string of the molecule is CCCn1nnc(-c2cnc(N3CC4CN(c5ccccc5Cl)CC4C3)s2)n1. The number of hydrogen-bond acceptors (Lipinski definition) is 7. The van der Waals surface area contributed by atoms with Gasteiger partial charge in [-0.05, 0) is 23.8 Å². The largest absolute Gasteiger partial charge is 0.370 e. The van der Waals surface area contributed by atoms with E-state index in [2.05, 4.69) is 49.3 Å². The first-order valence-electron chi connectivity index (χ1n) is 9.69. The third kappa shape index (κ3) is 3.24. The Bertz CT molecular complexity index is 957. The number of benzene rings is 1. The zero-order valence-electron chi connectivity index (χ0n) is 15.7. The molecule has 28 heavy (non-hydrogen) atoms. The monoisotopic (exact) mass is 415 g/mol. The predicted octanol–water partition coefficient (Wildman–Crippen LogP) is 3.43. The number of para-hydroxylation sites is 1. The maximum Gasteiger partial charge on any atom is 0.216 e. The van der Waals surface area contributed by atoms with Crippen molar-refractivity contribution in [3.63, 3.8) is 0 Å². The number of aryl methyl sites for hydroxylation is 1. The number of anilines is 2. The van der Waals surface area contributed by atoms with Crippen LogP contribution in [0.25, 0.3) is 10.7 Å². The van der Waals surface area contributed by atoms with Gasteiger partial charge in [0, 0.05) is 38.0 Å². The number of tetrazole rings is 1. The Hall–Kier alpha value is -2.19. The molecular weight excluding hydrogens is 394 g/mol. The van der Waals surface area contributed by atoms with E-state index in [1.165, 1.54) is 0 Å². The summed E-state index contributed by atoms with van der Waals surface area (Å²) in [5.41, 5.74) is 1.16. The average molecular weight is 416 g/mol. The summed E-state index contributed by atoms with van der Waals surface area (Å²) in [7, 11) is 0. The van der Waals surface area contributed by atoms with Crippen LogP contribution in [-0.4, -0.2) is 51.4 Å². The molecular formula is C19H22ClN7S. The lowest BCUT2D eigenvalue weighted by molar-refractivity contribution is 0.515. The summed E-state index contributed by atoms with van der Waals surface area (Å²) in [6, 6.07) is 8.13. The second-order valence-electron chi connectivity index (χ2n) is 7.50. The van der Waals surface area contributed by atoms with Crippen molar-refractivity contribution in [2.75, 3.05) is 36.0 Å². The summed E-state index contributed by atoms with van der Waals surface area (Å²) >= 11 is 8.04. The second kappa shape index (κ2) is 7.33. The fourth-order valence-electron chi connectivity index (χ4n) is 4.21. The van der Waals surface area contributed by atoms with Crippen molar-refractivity contribution in [3.8, 4) is 10.7 Å². The highest BCUT2D eigenvalue weighted by atomic mass is 35.5. The van der Waals surface area contributed by atoms with Gasteiger partial charge in [-0.25, -0.2) is 4.98 Å². The van der Waals surface area contributed by atoms with Crippen molar-refractivity contribution in [2.24, 2.45) is 11.8 Å². The Kier molecular flexibility index (Phi) is 4.68. The van der Waals surface area contributed by atoms with Crippen molar-refractivity contribution in [1.29, 1.82) is 0 Å². The normalized spacial score (nSPS) is 21.5.